The molecule has 0 aromatic heterocycles. The van der Waals surface area contributed by atoms with Crippen LogP contribution in [0.2, 0.25) is 5.02 Å². The summed E-state index contributed by atoms with van der Waals surface area (Å²) >= 11 is 5.88. The number of hydrogen-bond acceptors (Lipinski definition) is 5. The van der Waals surface area contributed by atoms with Crippen LogP contribution in [0.1, 0.15) is 46.0 Å². The SMILES string of the molecule is CCCCOc1ccc(C(=O)Oc2ccc(/C=N/NC(=O)c3cccc(Cl)c3)cc2)cc1. The van der Waals surface area contributed by atoms with Crippen molar-refractivity contribution in [1.29, 1.82) is 0 Å². The number of ether oxygens (including phenoxy) is 2. The molecule has 0 fully saturated rings. The number of benzene rings is 3. The smallest absolute Gasteiger partial charge is 0.343 e. The van der Waals surface area contributed by atoms with Gasteiger partial charge in [-0.3, -0.25) is 4.79 Å². The standard InChI is InChI=1S/C25H23ClN2O4/c1-2-3-15-31-22-13-9-19(10-14-22)25(30)32-23-11-7-18(8-12-23)17-27-28-24(29)20-5-4-6-21(26)16-20/h4-14,16-17H,2-3,15H2,1H3,(H,28,29)/b27-17+. The summed E-state index contributed by atoms with van der Waals surface area (Å²) in [6, 6.07) is 20.2. The Bertz CT molecular complexity index is 1080. The van der Waals surface area contributed by atoms with E-state index >= 15 is 0 Å². The van der Waals surface area contributed by atoms with Crippen molar-refractivity contribution in [2.45, 2.75) is 19.8 Å². The highest BCUT2D eigenvalue weighted by Crippen LogP contribution is 2.17. The van der Waals surface area contributed by atoms with Crippen LogP contribution >= 0.6 is 11.6 Å². The van der Waals surface area contributed by atoms with Gasteiger partial charge in [0.05, 0.1) is 18.4 Å². The number of rotatable bonds is 9. The molecule has 6 nitrogen and oxygen atoms in total. The lowest BCUT2D eigenvalue weighted by molar-refractivity contribution is 0.0734. The Morgan fingerprint density at radius 2 is 1.69 bits per heavy atom. The Hall–Kier alpha value is -3.64. The molecule has 0 atom stereocenters. The number of hydrogen-bond donors (Lipinski definition) is 1. The van der Waals surface area contributed by atoms with Gasteiger partial charge in [0.1, 0.15) is 11.5 Å². The molecule has 32 heavy (non-hydrogen) atoms. The first-order valence-corrected chi connectivity index (χ1v) is 10.6. The lowest BCUT2D eigenvalue weighted by Gasteiger charge is -2.07. The Morgan fingerprint density at radius 1 is 0.969 bits per heavy atom. The number of hydrazone groups is 1. The molecule has 3 aromatic rings. The van der Waals surface area contributed by atoms with Crippen LogP contribution in [0.3, 0.4) is 0 Å². The van der Waals surface area contributed by atoms with Crippen molar-refractivity contribution in [2.24, 2.45) is 5.10 Å². The highest BCUT2D eigenvalue weighted by Gasteiger charge is 2.09. The molecule has 0 heterocycles. The number of amides is 1. The predicted molar refractivity (Wildman–Crippen MR) is 125 cm³/mol. The number of carbonyl (C=O) groups excluding carboxylic acids is 2. The monoisotopic (exact) mass is 450 g/mol. The van der Waals surface area contributed by atoms with Crippen LogP contribution in [0.5, 0.6) is 11.5 Å². The minimum atomic E-state index is -0.458. The average molecular weight is 451 g/mol. The Labute approximate surface area is 191 Å². The fourth-order valence-electron chi connectivity index (χ4n) is 2.67. The summed E-state index contributed by atoms with van der Waals surface area (Å²) in [4.78, 5) is 24.4. The molecule has 0 aliphatic rings. The van der Waals surface area contributed by atoms with Gasteiger partial charge >= 0.3 is 5.97 Å². The van der Waals surface area contributed by atoms with Gasteiger partial charge in [0.15, 0.2) is 0 Å². The summed E-state index contributed by atoms with van der Waals surface area (Å²) in [6.45, 7) is 2.75. The summed E-state index contributed by atoms with van der Waals surface area (Å²) in [5.41, 5.74) is 4.01. The first kappa shape index (κ1) is 23.0. The first-order valence-electron chi connectivity index (χ1n) is 10.2. The van der Waals surface area contributed by atoms with Crippen molar-refractivity contribution in [3.05, 3.63) is 94.5 Å². The predicted octanol–water partition coefficient (Wildman–Crippen LogP) is 5.50. The second-order valence-electron chi connectivity index (χ2n) is 6.89. The zero-order valence-electron chi connectivity index (χ0n) is 17.6. The molecule has 0 unspecified atom stereocenters. The van der Waals surface area contributed by atoms with Gasteiger partial charge in [-0.15, -0.1) is 0 Å². The van der Waals surface area contributed by atoms with Crippen molar-refractivity contribution in [1.82, 2.24) is 5.43 Å². The molecular formula is C25H23ClN2O4. The van der Waals surface area contributed by atoms with Crippen LogP contribution in [0.15, 0.2) is 77.9 Å². The van der Waals surface area contributed by atoms with E-state index in [4.69, 9.17) is 21.1 Å². The van der Waals surface area contributed by atoms with E-state index in [1.807, 2.05) is 0 Å². The van der Waals surface area contributed by atoms with Gasteiger partial charge in [0, 0.05) is 10.6 Å². The van der Waals surface area contributed by atoms with Crippen LogP contribution in [0.25, 0.3) is 0 Å². The highest BCUT2D eigenvalue weighted by molar-refractivity contribution is 6.30. The fraction of sp³-hybridized carbons (Fsp3) is 0.160. The largest absolute Gasteiger partial charge is 0.494 e. The third-order valence-electron chi connectivity index (χ3n) is 4.41. The summed E-state index contributed by atoms with van der Waals surface area (Å²) in [7, 11) is 0. The van der Waals surface area contributed by atoms with E-state index in [9.17, 15) is 9.59 Å². The summed E-state index contributed by atoms with van der Waals surface area (Å²) in [6.07, 6.45) is 3.54. The number of nitrogens with one attached hydrogen (secondary N) is 1. The van der Waals surface area contributed by atoms with E-state index < -0.39 is 5.97 Å². The van der Waals surface area contributed by atoms with Gasteiger partial charge in [-0.25, -0.2) is 10.2 Å². The molecule has 7 heteroatoms. The molecule has 0 spiro atoms. The molecule has 1 amide bonds. The van der Waals surface area contributed by atoms with Gasteiger partial charge in [-0.1, -0.05) is 31.0 Å². The highest BCUT2D eigenvalue weighted by atomic mass is 35.5. The molecule has 3 aromatic carbocycles. The topological polar surface area (TPSA) is 77.0 Å². The molecule has 164 valence electrons. The van der Waals surface area contributed by atoms with Crippen molar-refractivity contribution in [3.63, 3.8) is 0 Å². The molecule has 3 rings (SSSR count). The number of carbonyl (C=O) groups is 2. The third kappa shape index (κ3) is 6.96. The summed E-state index contributed by atoms with van der Waals surface area (Å²) in [5, 5.41) is 4.41. The van der Waals surface area contributed by atoms with E-state index in [1.54, 1.807) is 72.8 Å². The molecule has 0 bridgehead atoms. The number of halogens is 1. The maximum atomic E-state index is 12.3. The van der Waals surface area contributed by atoms with Gasteiger partial charge in [-0.2, -0.15) is 5.10 Å². The van der Waals surface area contributed by atoms with Crippen LogP contribution in [-0.2, 0) is 0 Å². The second-order valence-corrected chi connectivity index (χ2v) is 7.33. The van der Waals surface area contributed by atoms with Crippen molar-refractivity contribution in [2.75, 3.05) is 6.61 Å². The third-order valence-corrected chi connectivity index (χ3v) is 4.65. The number of nitrogens with zero attached hydrogens (tertiary/aromatic N) is 1. The first-order chi connectivity index (χ1) is 15.5. The summed E-state index contributed by atoms with van der Waals surface area (Å²) in [5.74, 6) is 0.302. The molecule has 0 saturated carbocycles. The number of unbranched alkanes of at least 4 members (excludes halogenated alkanes) is 1. The zero-order valence-corrected chi connectivity index (χ0v) is 18.3. The van der Waals surface area contributed by atoms with E-state index in [0.29, 0.717) is 28.5 Å². The van der Waals surface area contributed by atoms with E-state index in [-0.39, 0.29) is 5.91 Å². The maximum Gasteiger partial charge on any atom is 0.343 e. The van der Waals surface area contributed by atoms with Crippen LogP contribution < -0.4 is 14.9 Å². The van der Waals surface area contributed by atoms with Crippen molar-refractivity contribution >= 4 is 29.7 Å². The van der Waals surface area contributed by atoms with Crippen LogP contribution in [0, 0.1) is 0 Å². The lowest BCUT2D eigenvalue weighted by atomic mass is 10.2. The average Bonchev–Trinajstić information content (AvgIpc) is 2.81. The second kappa shape index (κ2) is 11.7. The zero-order chi connectivity index (χ0) is 22.8. The summed E-state index contributed by atoms with van der Waals surface area (Å²) < 4.78 is 11.0. The van der Waals surface area contributed by atoms with Gasteiger partial charge in [-0.05, 0) is 78.7 Å². The minimum Gasteiger partial charge on any atom is -0.494 e. The van der Waals surface area contributed by atoms with Gasteiger partial charge in [0.25, 0.3) is 5.91 Å². The molecule has 0 aliphatic heterocycles. The minimum absolute atomic E-state index is 0.365. The molecule has 0 radical (unpaired) electrons. The van der Waals surface area contributed by atoms with Gasteiger partial charge < -0.3 is 9.47 Å². The molecule has 0 aliphatic carbocycles. The maximum absolute atomic E-state index is 12.3. The normalized spacial score (nSPS) is 10.7. The lowest BCUT2D eigenvalue weighted by Crippen LogP contribution is -2.17. The number of esters is 1. The van der Waals surface area contributed by atoms with Crippen LogP contribution in [0.4, 0.5) is 0 Å². The van der Waals surface area contributed by atoms with E-state index in [1.165, 1.54) is 6.21 Å². The van der Waals surface area contributed by atoms with E-state index in [2.05, 4.69) is 17.5 Å². The van der Waals surface area contributed by atoms with Crippen LogP contribution in [-0.4, -0.2) is 24.7 Å². The Kier molecular flexibility index (Phi) is 8.40. The molecule has 0 saturated heterocycles. The van der Waals surface area contributed by atoms with Crippen molar-refractivity contribution < 1.29 is 19.1 Å². The molecule has 1 N–H and O–H groups in total. The molecular weight excluding hydrogens is 428 g/mol. The Balaban J connectivity index is 1.51. The Morgan fingerprint density at radius 3 is 2.38 bits per heavy atom. The quantitative estimate of drug-likeness (QED) is 0.153. The van der Waals surface area contributed by atoms with E-state index in [0.717, 1.165) is 24.2 Å². The van der Waals surface area contributed by atoms with Gasteiger partial charge in [0.2, 0.25) is 0 Å². The van der Waals surface area contributed by atoms with Crippen molar-refractivity contribution in [3.8, 4) is 11.5 Å². The fourth-order valence-corrected chi connectivity index (χ4v) is 2.86.